The Balaban J connectivity index is 1.67. The van der Waals surface area contributed by atoms with Crippen LogP contribution < -0.4 is 10.2 Å². The third kappa shape index (κ3) is 3.38. The number of anilines is 1. The summed E-state index contributed by atoms with van der Waals surface area (Å²) in [5.74, 6) is 1.00. The Labute approximate surface area is 149 Å². The maximum absolute atomic E-state index is 12.5. The second-order valence-corrected chi connectivity index (χ2v) is 6.89. The van der Waals surface area contributed by atoms with E-state index in [1.54, 1.807) is 4.90 Å². The number of furan rings is 1. The van der Waals surface area contributed by atoms with E-state index >= 15 is 0 Å². The normalized spacial score (nSPS) is 18.7. The molecule has 2 unspecified atom stereocenters. The molecule has 0 radical (unpaired) electrons. The average Bonchev–Trinajstić information content (AvgIpc) is 3.14. The first-order valence-corrected chi connectivity index (χ1v) is 8.66. The standard InChI is InChI=1S/C18H19BrN2O3/c1-11-7-8-16(24-11)12(2)20-18(23)13-9-17(22)21(10-13)15-6-4-3-5-14(15)19/h3-8,12-13H,9-10H2,1-2H3,(H,20,23). The molecule has 1 aliphatic rings. The maximum atomic E-state index is 12.5. The largest absolute Gasteiger partial charge is 0.464 e. The first kappa shape index (κ1) is 16.8. The van der Waals surface area contributed by atoms with Crippen LogP contribution in [0.5, 0.6) is 0 Å². The third-order valence-corrected chi connectivity index (χ3v) is 4.86. The fourth-order valence-electron chi connectivity index (χ4n) is 2.88. The van der Waals surface area contributed by atoms with E-state index in [1.165, 1.54) is 0 Å². The van der Waals surface area contributed by atoms with Gasteiger partial charge in [-0.05, 0) is 54.0 Å². The molecule has 24 heavy (non-hydrogen) atoms. The lowest BCUT2D eigenvalue weighted by atomic mass is 10.1. The summed E-state index contributed by atoms with van der Waals surface area (Å²) in [5, 5.41) is 2.94. The zero-order valence-electron chi connectivity index (χ0n) is 13.6. The van der Waals surface area contributed by atoms with Gasteiger partial charge in [0.05, 0.1) is 17.6 Å². The van der Waals surface area contributed by atoms with Gasteiger partial charge in [-0.25, -0.2) is 0 Å². The van der Waals surface area contributed by atoms with Gasteiger partial charge in [-0.15, -0.1) is 0 Å². The highest BCUT2D eigenvalue weighted by atomic mass is 79.9. The van der Waals surface area contributed by atoms with E-state index in [0.717, 1.165) is 15.9 Å². The van der Waals surface area contributed by atoms with Crippen LogP contribution in [0.15, 0.2) is 45.3 Å². The Kier molecular flexibility index (Phi) is 4.76. The van der Waals surface area contributed by atoms with Crippen molar-refractivity contribution in [2.24, 2.45) is 5.92 Å². The fourth-order valence-corrected chi connectivity index (χ4v) is 3.37. The molecule has 0 saturated carbocycles. The third-order valence-electron chi connectivity index (χ3n) is 4.19. The molecule has 2 aromatic rings. The van der Waals surface area contributed by atoms with E-state index < -0.39 is 0 Å². The number of nitrogens with one attached hydrogen (secondary N) is 1. The van der Waals surface area contributed by atoms with E-state index in [1.807, 2.05) is 50.2 Å². The number of carbonyl (C=O) groups is 2. The van der Waals surface area contributed by atoms with Gasteiger partial charge in [-0.1, -0.05) is 12.1 Å². The molecule has 0 bridgehead atoms. The van der Waals surface area contributed by atoms with Crippen molar-refractivity contribution in [2.75, 3.05) is 11.4 Å². The van der Waals surface area contributed by atoms with Gasteiger partial charge in [-0.2, -0.15) is 0 Å². The Morgan fingerprint density at radius 3 is 2.75 bits per heavy atom. The molecule has 1 aromatic heterocycles. The minimum atomic E-state index is -0.358. The molecule has 1 N–H and O–H groups in total. The van der Waals surface area contributed by atoms with Gasteiger partial charge in [-0.3, -0.25) is 9.59 Å². The Morgan fingerprint density at radius 2 is 2.08 bits per heavy atom. The summed E-state index contributed by atoms with van der Waals surface area (Å²) in [6, 6.07) is 11.0. The Bertz CT molecular complexity index is 771. The minimum absolute atomic E-state index is 0.0384. The lowest BCUT2D eigenvalue weighted by Crippen LogP contribution is -2.34. The van der Waals surface area contributed by atoms with E-state index in [-0.39, 0.29) is 30.2 Å². The lowest BCUT2D eigenvalue weighted by molar-refractivity contribution is -0.127. The zero-order chi connectivity index (χ0) is 17.3. The number of amides is 2. The number of para-hydroxylation sites is 1. The van der Waals surface area contributed by atoms with Crippen LogP contribution in [0, 0.1) is 12.8 Å². The van der Waals surface area contributed by atoms with Crippen molar-refractivity contribution in [3.8, 4) is 0 Å². The summed E-state index contributed by atoms with van der Waals surface area (Å²) in [6.45, 7) is 4.12. The second kappa shape index (κ2) is 6.81. The average molecular weight is 391 g/mol. The van der Waals surface area contributed by atoms with Gasteiger partial charge in [0, 0.05) is 17.4 Å². The molecule has 2 heterocycles. The maximum Gasteiger partial charge on any atom is 0.227 e. The number of hydrogen-bond donors (Lipinski definition) is 1. The van der Waals surface area contributed by atoms with Crippen molar-refractivity contribution in [1.29, 1.82) is 0 Å². The molecular weight excluding hydrogens is 372 g/mol. The van der Waals surface area contributed by atoms with Gasteiger partial charge in [0.25, 0.3) is 0 Å². The molecular formula is C18H19BrN2O3. The van der Waals surface area contributed by atoms with E-state index in [9.17, 15) is 9.59 Å². The molecule has 2 amide bonds. The van der Waals surface area contributed by atoms with Gasteiger partial charge in [0.2, 0.25) is 11.8 Å². The monoisotopic (exact) mass is 390 g/mol. The molecule has 2 atom stereocenters. The highest BCUT2D eigenvalue weighted by Gasteiger charge is 2.36. The molecule has 0 aliphatic carbocycles. The van der Waals surface area contributed by atoms with Crippen LogP contribution in [-0.2, 0) is 9.59 Å². The van der Waals surface area contributed by atoms with Crippen molar-refractivity contribution >= 4 is 33.4 Å². The number of benzene rings is 1. The molecule has 0 spiro atoms. The van der Waals surface area contributed by atoms with Crippen LogP contribution in [0.3, 0.4) is 0 Å². The number of hydrogen-bond acceptors (Lipinski definition) is 3. The van der Waals surface area contributed by atoms with Gasteiger partial charge < -0.3 is 14.6 Å². The summed E-state index contributed by atoms with van der Waals surface area (Å²) in [4.78, 5) is 26.5. The first-order valence-electron chi connectivity index (χ1n) is 7.87. The SMILES string of the molecule is Cc1ccc(C(C)NC(=O)C2CC(=O)N(c3ccccc3Br)C2)o1. The van der Waals surface area contributed by atoms with Gasteiger partial charge in [0.15, 0.2) is 0 Å². The van der Waals surface area contributed by atoms with E-state index in [4.69, 9.17) is 4.42 Å². The van der Waals surface area contributed by atoms with Crippen molar-refractivity contribution in [3.05, 3.63) is 52.4 Å². The molecule has 1 aliphatic heterocycles. The highest BCUT2D eigenvalue weighted by Crippen LogP contribution is 2.31. The van der Waals surface area contributed by atoms with Crippen LogP contribution in [0.2, 0.25) is 0 Å². The van der Waals surface area contributed by atoms with Crippen LogP contribution in [-0.4, -0.2) is 18.4 Å². The van der Waals surface area contributed by atoms with Crippen molar-refractivity contribution < 1.29 is 14.0 Å². The fraction of sp³-hybridized carbons (Fsp3) is 0.333. The topological polar surface area (TPSA) is 62.6 Å². The molecule has 1 saturated heterocycles. The quantitative estimate of drug-likeness (QED) is 0.867. The highest BCUT2D eigenvalue weighted by molar-refractivity contribution is 9.10. The van der Waals surface area contributed by atoms with E-state index in [2.05, 4.69) is 21.2 Å². The molecule has 126 valence electrons. The molecule has 1 fully saturated rings. The van der Waals surface area contributed by atoms with Crippen molar-refractivity contribution in [1.82, 2.24) is 5.32 Å². The Hall–Kier alpha value is -2.08. The van der Waals surface area contributed by atoms with Crippen LogP contribution in [0.1, 0.15) is 30.9 Å². The molecule has 1 aromatic carbocycles. The number of carbonyl (C=O) groups excluding carboxylic acids is 2. The summed E-state index contributed by atoms with van der Waals surface area (Å²) in [6.07, 6.45) is 0.219. The summed E-state index contributed by atoms with van der Waals surface area (Å²) >= 11 is 3.46. The van der Waals surface area contributed by atoms with Gasteiger partial charge in [0.1, 0.15) is 11.5 Å². The van der Waals surface area contributed by atoms with Crippen LogP contribution in [0.25, 0.3) is 0 Å². The molecule has 5 nitrogen and oxygen atoms in total. The summed E-state index contributed by atoms with van der Waals surface area (Å²) in [5.41, 5.74) is 0.799. The number of halogens is 1. The smallest absolute Gasteiger partial charge is 0.227 e. The Morgan fingerprint density at radius 1 is 1.33 bits per heavy atom. The van der Waals surface area contributed by atoms with Crippen molar-refractivity contribution in [3.63, 3.8) is 0 Å². The number of nitrogens with zero attached hydrogens (tertiary/aromatic N) is 1. The van der Waals surface area contributed by atoms with Crippen LogP contribution >= 0.6 is 15.9 Å². The molecule has 3 rings (SSSR count). The predicted molar refractivity (Wildman–Crippen MR) is 94.6 cm³/mol. The summed E-state index contributed by atoms with van der Waals surface area (Å²) < 4.78 is 6.38. The minimum Gasteiger partial charge on any atom is -0.464 e. The second-order valence-electron chi connectivity index (χ2n) is 6.04. The van der Waals surface area contributed by atoms with Crippen LogP contribution in [0.4, 0.5) is 5.69 Å². The molecule has 6 heteroatoms. The predicted octanol–water partition coefficient (Wildman–Crippen LogP) is 3.58. The lowest BCUT2D eigenvalue weighted by Gasteiger charge is -2.19. The van der Waals surface area contributed by atoms with Gasteiger partial charge >= 0.3 is 0 Å². The first-order chi connectivity index (χ1) is 11.5. The summed E-state index contributed by atoms with van der Waals surface area (Å²) in [7, 11) is 0. The van der Waals surface area contributed by atoms with E-state index in [0.29, 0.717) is 12.3 Å². The zero-order valence-corrected chi connectivity index (χ0v) is 15.2. The van der Waals surface area contributed by atoms with Crippen molar-refractivity contribution in [2.45, 2.75) is 26.3 Å². The number of aryl methyl sites for hydroxylation is 1. The number of rotatable bonds is 4.